The first-order valence-corrected chi connectivity index (χ1v) is 17.4. The Kier molecular flexibility index (Phi) is 6.37. The van der Waals surface area contributed by atoms with Crippen molar-refractivity contribution in [1.82, 2.24) is 9.36 Å². The fourth-order valence-electron chi connectivity index (χ4n) is 7.91. The number of hydrogen-bond donors (Lipinski definition) is 0. The largest absolute Gasteiger partial charge is 0.310 e. The second kappa shape index (κ2) is 10.6. The molecular formula is C44H35N3S. The zero-order valence-electron chi connectivity index (χ0n) is 27.5. The Morgan fingerprint density at radius 2 is 0.958 bits per heavy atom. The lowest BCUT2D eigenvalue weighted by Gasteiger charge is -2.28. The van der Waals surface area contributed by atoms with Crippen molar-refractivity contribution < 1.29 is 0 Å². The number of benzene rings is 6. The lowest BCUT2D eigenvalue weighted by atomic mass is 9.82. The Labute approximate surface area is 286 Å². The Bertz CT molecular complexity index is 2350. The van der Waals surface area contributed by atoms with Crippen molar-refractivity contribution in [3.8, 4) is 44.2 Å². The van der Waals surface area contributed by atoms with Gasteiger partial charge in [-0.05, 0) is 111 Å². The zero-order valence-corrected chi connectivity index (χ0v) is 28.3. The van der Waals surface area contributed by atoms with Crippen LogP contribution < -0.4 is 4.90 Å². The summed E-state index contributed by atoms with van der Waals surface area (Å²) in [6, 6.07) is 50.6. The number of para-hydroxylation sites is 1. The average molecular weight is 638 g/mol. The lowest BCUT2D eigenvalue weighted by Crippen LogP contribution is -2.16. The first-order chi connectivity index (χ1) is 23.3. The van der Waals surface area contributed by atoms with Crippen molar-refractivity contribution in [2.75, 3.05) is 4.90 Å². The minimum atomic E-state index is -0.0672. The molecule has 0 atom stereocenters. The summed E-state index contributed by atoms with van der Waals surface area (Å²) < 4.78 is 4.82. The second-order valence-corrected chi connectivity index (χ2v) is 14.7. The summed E-state index contributed by atoms with van der Waals surface area (Å²) in [5, 5.41) is 0.919. The van der Waals surface area contributed by atoms with Gasteiger partial charge in [0.25, 0.3) is 0 Å². The molecule has 2 aliphatic carbocycles. The van der Waals surface area contributed by atoms with Crippen LogP contribution in [0.4, 0.5) is 17.1 Å². The van der Waals surface area contributed by atoms with Gasteiger partial charge >= 0.3 is 0 Å². The summed E-state index contributed by atoms with van der Waals surface area (Å²) in [6.45, 7) is 9.29. The van der Waals surface area contributed by atoms with E-state index in [1.165, 1.54) is 56.0 Å². The first kappa shape index (κ1) is 28.9. The average Bonchev–Trinajstić information content (AvgIpc) is 3.77. The fourth-order valence-corrected chi connectivity index (χ4v) is 8.60. The molecule has 0 saturated heterocycles. The summed E-state index contributed by atoms with van der Waals surface area (Å²) in [5.41, 5.74) is 16.1. The minimum absolute atomic E-state index is 0.0557. The molecule has 0 radical (unpaired) electrons. The van der Waals surface area contributed by atoms with E-state index in [9.17, 15) is 0 Å². The van der Waals surface area contributed by atoms with Crippen molar-refractivity contribution in [2.45, 2.75) is 38.5 Å². The number of rotatable bonds is 5. The van der Waals surface area contributed by atoms with Crippen molar-refractivity contribution in [3.63, 3.8) is 0 Å². The molecule has 1 aromatic heterocycles. The van der Waals surface area contributed by atoms with Gasteiger partial charge < -0.3 is 4.90 Å². The Balaban J connectivity index is 1.05. The van der Waals surface area contributed by atoms with Crippen LogP contribution in [0.25, 0.3) is 44.2 Å². The molecular weight excluding hydrogens is 603 g/mol. The van der Waals surface area contributed by atoms with Gasteiger partial charge in [0.05, 0.1) is 0 Å². The predicted molar refractivity (Wildman–Crippen MR) is 201 cm³/mol. The van der Waals surface area contributed by atoms with Crippen molar-refractivity contribution in [2.24, 2.45) is 0 Å². The highest BCUT2D eigenvalue weighted by Crippen LogP contribution is 2.51. The van der Waals surface area contributed by atoms with Gasteiger partial charge in [0.15, 0.2) is 5.82 Å². The van der Waals surface area contributed by atoms with Gasteiger partial charge in [0, 0.05) is 39.0 Å². The van der Waals surface area contributed by atoms with Crippen LogP contribution in [0.1, 0.15) is 49.9 Å². The second-order valence-electron chi connectivity index (χ2n) is 14.0. The van der Waals surface area contributed by atoms with Gasteiger partial charge in [-0.1, -0.05) is 113 Å². The molecule has 0 saturated carbocycles. The van der Waals surface area contributed by atoms with Crippen molar-refractivity contribution >= 4 is 28.6 Å². The van der Waals surface area contributed by atoms with Gasteiger partial charge in [-0.3, -0.25) is 0 Å². The molecule has 2 aliphatic rings. The Hall–Kier alpha value is -5.32. The van der Waals surface area contributed by atoms with Gasteiger partial charge in [-0.2, -0.15) is 4.37 Å². The minimum Gasteiger partial charge on any atom is -0.310 e. The molecule has 0 unspecified atom stereocenters. The van der Waals surface area contributed by atoms with Crippen molar-refractivity contribution in [1.29, 1.82) is 0 Å². The molecule has 6 aromatic carbocycles. The van der Waals surface area contributed by atoms with Crippen LogP contribution in [0, 0.1) is 0 Å². The highest BCUT2D eigenvalue weighted by molar-refractivity contribution is 7.09. The quantitative estimate of drug-likeness (QED) is 0.188. The van der Waals surface area contributed by atoms with E-state index in [2.05, 4.69) is 172 Å². The molecule has 3 nitrogen and oxygen atoms in total. The SMILES string of the molecule is CC1(C)c2ccccc2-c2ccc(-c3nsc(-c4ccc(N(c5ccccc5)c5ccc6c(c5)C(C)(C)c5ccccc5-6)cc4)n3)cc21. The van der Waals surface area contributed by atoms with Crippen LogP contribution in [0.5, 0.6) is 0 Å². The molecule has 0 aliphatic heterocycles. The zero-order chi connectivity index (χ0) is 32.6. The monoisotopic (exact) mass is 637 g/mol. The van der Waals surface area contributed by atoms with E-state index in [0.717, 1.165) is 39.0 Å². The van der Waals surface area contributed by atoms with Gasteiger partial charge in [-0.25, -0.2) is 4.98 Å². The summed E-state index contributed by atoms with van der Waals surface area (Å²) >= 11 is 1.46. The van der Waals surface area contributed by atoms with E-state index in [4.69, 9.17) is 9.36 Å². The third-order valence-corrected chi connectivity index (χ3v) is 11.2. The van der Waals surface area contributed by atoms with Crippen LogP contribution in [0.15, 0.2) is 140 Å². The molecule has 232 valence electrons. The highest BCUT2D eigenvalue weighted by Gasteiger charge is 2.36. The molecule has 4 heteroatoms. The Morgan fingerprint density at radius 1 is 0.458 bits per heavy atom. The Morgan fingerprint density at radius 3 is 1.62 bits per heavy atom. The van der Waals surface area contributed by atoms with Crippen molar-refractivity contribution in [3.05, 3.63) is 162 Å². The molecule has 0 bridgehead atoms. The van der Waals surface area contributed by atoms with E-state index in [0.29, 0.717) is 0 Å². The molecule has 0 fully saturated rings. The molecule has 0 spiro atoms. The van der Waals surface area contributed by atoms with Gasteiger partial charge in [0.2, 0.25) is 0 Å². The number of hydrogen-bond acceptors (Lipinski definition) is 4. The molecule has 0 amide bonds. The molecule has 0 N–H and O–H groups in total. The number of anilines is 3. The van der Waals surface area contributed by atoms with E-state index >= 15 is 0 Å². The molecule has 7 aromatic rings. The maximum Gasteiger partial charge on any atom is 0.173 e. The summed E-state index contributed by atoms with van der Waals surface area (Å²) in [6.07, 6.45) is 0. The van der Waals surface area contributed by atoms with Crippen LogP contribution in [-0.2, 0) is 10.8 Å². The first-order valence-electron chi connectivity index (χ1n) is 16.6. The van der Waals surface area contributed by atoms with E-state index in [1.54, 1.807) is 0 Å². The summed E-state index contributed by atoms with van der Waals surface area (Å²) in [5.74, 6) is 0.779. The van der Waals surface area contributed by atoms with Crippen LogP contribution in [0.3, 0.4) is 0 Å². The number of aromatic nitrogens is 2. The van der Waals surface area contributed by atoms with Crippen LogP contribution in [0.2, 0.25) is 0 Å². The predicted octanol–water partition coefficient (Wildman–Crippen LogP) is 12.0. The third kappa shape index (κ3) is 4.33. The molecule has 48 heavy (non-hydrogen) atoms. The summed E-state index contributed by atoms with van der Waals surface area (Å²) in [4.78, 5) is 7.38. The van der Waals surface area contributed by atoms with E-state index in [1.807, 2.05) is 0 Å². The molecule has 9 rings (SSSR count). The maximum absolute atomic E-state index is 5.03. The number of fused-ring (bicyclic) bond motifs is 6. The maximum atomic E-state index is 5.03. The van der Waals surface area contributed by atoms with Crippen LogP contribution >= 0.6 is 11.5 Å². The van der Waals surface area contributed by atoms with E-state index < -0.39 is 0 Å². The smallest absolute Gasteiger partial charge is 0.173 e. The standard InChI is InChI=1S/C44H35N3S/c1-43(2)37-16-10-8-14-33(37)35-24-20-29(26-39(35)43)41-45-42(48-46-41)28-18-21-31(22-19-28)47(30-12-6-5-7-13-30)32-23-25-36-34-15-9-11-17-38(34)44(3,4)40(36)27-32/h5-27H,1-4H3. The third-order valence-electron chi connectivity index (χ3n) is 10.5. The number of nitrogens with zero attached hydrogens (tertiary/aromatic N) is 3. The lowest BCUT2D eigenvalue weighted by molar-refractivity contribution is 0.660. The topological polar surface area (TPSA) is 29.0 Å². The fraction of sp³-hybridized carbons (Fsp3) is 0.136. The molecule has 1 heterocycles. The van der Waals surface area contributed by atoms with Gasteiger partial charge in [-0.15, -0.1) is 0 Å². The van der Waals surface area contributed by atoms with E-state index in [-0.39, 0.29) is 10.8 Å². The highest BCUT2D eigenvalue weighted by atomic mass is 32.1. The normalized spacial score (nSPS) is 14.6. The van der Waals surface area contributed by atoms with Gasteiger partial charge in [0.1, 0.15) is 5.01 Å². The summed E-state index contributed by atoms with van der Waals surface area (Å²) in [7, 11) is 0. The van der Waals surface area contributed by atoms with Crippen LogP contribution in [-0.4, -0.2) is 9.36 Å².